The summed E-state index contributed by atoms with van der Waals surface area (Å²) < 4.78 is 6.10. The van der Waals surface area contributed by atoms with Gasteiger partial charge in [-0.05, 0) is 36.8 Å². The molecule has 1 fully saturated rings. The first-order valence-corrected chi connectivity index (χ1v) is 9.95. The zero-order valence-corrected chi connectivity index (χ0v) is 16.6. The number of hydrogen-bond donors (Lipinski definition) is 1. The van der Waals surface area contributed by atoms with E-state index in [9.17, 15) is 4.79 Å². The van der Waals surface area contributed by atoms with E-state index < -0.39 is 0 Å². The van der Waals surface area contributed by atoms with Crippen LogP contribution in [0, 0.1) is 11.3 Å². The Morgan fingerprint density at radius 2 is 2.13 bits per heavy atom. The zero-order valence-electron chi connectivity index (χ0n) is 16.6. The molecule has 1 amide bonds. The molecule has 1 aromatic carbocycles. The SMILES string of the molecule is N#Cc1ccc(Oc2cc3nc(-c4ccccn4)[nH]c3cc2CN2CCCC2=O)cn1. The highest BCUT2D eigenvalue weighted by Gasteiger charge is 2.22. The lowest BCUT2D eigenvalue weighted by molar-refractivity contribution is -0.128. The van der Waals surface area contributed by atoms with E-state index in [0.29, 0.717) is 36.0 Å². The number of aromatic amines is 1. The third kappa shape index (κ3) is 3.81. The third-order valence-corrected chi connectivity index (χ3v) is 5.18. The Morgan fingerprint density at radius 1 is 1.19 bits per heavy atom. The molecule has 1 saturated heterocycles. The van der Waals surface area contributed by atoms with Crippen molar-refractivity contribution >= 4 is 16.9 Å². The van der Waals surface area contributed by atoms with Crippen LogP contribution in [0.1, 0.15) is 24.1 Å². The third-order valence-electron chi connectivity index (χ3n) is 5.18. The Labute approximate surface area is 178 Å². The number of ether oxygens (including phenoxy) is 1. The lowest BCUT2D eigenvalue weighted by atomic mass is 10.1. The van der Waals surface area contributed by atoms with Gasteiger partial charge in [0.1, 0.15) is 29.0 Å². The van der Waals surface area contributed by atoms with Crippen molar-refractivity contribution < 1.29 is 9.53 Å². The first-order valence-electron chi connectivity index (χ1n) is 9.95. The minimum Gasteiger partial charge on any atom is -0.455 e. The van der Waals surface area contributed by atoms with E-state index in [0.717, 1.165) is 35.3 Å². The van der Waals surface area contributed by atoms with Crippen molar-refractivity contribution in [3.63, 3.8) is 0 Å². The molecule has 1 aliphatic rings. The average molecular weight is 410 g/mol. The summed E-state index contributed by atoms with van der Waals surface area (Å²) in [7, 11) is 0. The van der Waals surface area contributed by atoms with Gasteiger partial charge in [-0.3, -0.25) is 9.78 Å². The van der Waals surface area contributed by atoms with Crippen molar-refractivity contribution in [1.29, 1.82) is 5.26 Å². The zero-order chi connectivity index (χ0) is 21.2. The number of nitrogens with one attached hydrogen (secondary N) is 1. The Morgan fingerprint density at radius 3 is 2.84 bits per heavy atom. The van der Waals surface area contributed by atoms with E-state index in [2.05, 4.69) is 19.9 Å². The lowest BCUT2D eigenvalue weighted by Gasteiger charge is -2.18. The van der Waals surface area contributed by atoms with Crippen LogP contribution in [0.3, 0.4) is 0 Å². The van der Waals surface area contributed by atoms with Gasteiger partial charge >= 0.3 is 0 Å². The molecule has 8 heteroatoms. The molecule has 8 nitrogen and oxygen atoms in total. The summed E-state index contributed by atoms with van der Waals surface area (Å²) in [6.45, 7) is 1.18. The number of aromatic nitrogens is 4. The van der Waals surface area contributed by atoms with Gasteiger partial charge in [-0.2, -0.15) is 5.26 Å². The summed E-state index contributed by atoms with van der Waals surface area (Å²) in [6.07, 6.45) is 4.67. The number of fused-ring (bicyclic) bond motifs is 1. The maximum atomic E-state index is 12.2. The molecule has 1 N–H and O–H groups in total. The fourth-order valence-electron chi connectivity index (χ4n) is 3.64. The first kappa shape index (κ1) is 18.8. The minimum atomic E-state index is 0.143. The normalized spacial score (nSPS) is 13.5. The number of amides is 1. The predicted molar refractivity (Wildman–Crippen MR) is 113 cm³/mol. The highest BCUT2D eigenvalue weighted by atomic mass is 16.5. The lowest BCUT2D eigenvalue weighted by Crippen LogP contribution is -2.24. The number of nitrogens with zero attached hydrogens (tertiary/aromatic N) is 5. The van der Waals surface area contributed by atoms with Gasteiger partial charge in [0.15, 0.2) is 5.82 Å². The minimum absolute atomic E-state index is 0.143. The van der Waals surface area contributed by atoms with Crippen LogP contribution in [0.4, 0.5) is 0 Å². The van der Waals surface area contributed by atoms with Crippen LogP contribution in [-0.4, -0.2) is 37.3 Å². The number of carbonyl (C=O) groups is 1. The van der Waals surface area contributed by atoms with E-state index in [-0.39, 0.29) is 5.91 Å². The summed E-state index contributed by atoms with van der Waals surface area (Å²) >= 11 is 0. The quantitative estimate of drug-likeness (QED) is 0.536. The topological polar surface area (TPSA) is 108 Å². The molecule has 152 valence electrons. The number of benzene rings is 1. The molecule has 0 spiro atoms. The first-order chi connectivity index (χ1) is 15.2. The van der Waals surface area contributed by atoms with Crippen LogP contribution >= 0.6 is 0 Å². The van der Waals surface area contributed by atoms with Gasteiger partial charge in [0.25, 0.3) is 0 Å². The monoisotopic (exact) mass is 410 g/mol. The molecule has 31 heavy (non-hydrogen) atoms. The molecule has 0 bridgehead atoms. The van der Waals surface area contributed by atoms with Gasteiger partial charge in [0, 0.05) is 37.3 Å². The molecule has 0 radical (unpaired) electrons. The number of carbonyl (C=O) groups excluding carboxylic acids is 1. The van der Waals surface area contributed by atoms with Crippen molar-refractivity contribution in [1.82, 2.24) is 24.8 Å². The van der Waals surface area contributed by atoms with E-state index in [1.54, 1.807) is 18.3 Å². The van der Waals surface area contributed by atoms with Gasteiger partial charge < -0.3 is 14.6 Å². The summed E-state index contributed by atoms with van der Waals surface area (Å²) in [6, 6.07) is 14.8. The average Bonchev–Trinajstić information content (AvgIpc) is 3.41. The molecule has 4 aromatic rings. The Balaban J connectivity index is 1.55. The summed E-state index contributed by atoms with van der Waals surface area (Å²) in [5.41, 5.74) is 3.50. The van der Waals surface area contributed by atoms with Crippen molar-refractivity contribution in [3.05, 3.63) is 66.1 Å². The second-order valence-corrected chi connectivity index (χ2v) is 7.29. The van der Waals surface area contributed by atoms with Gasteiger partial charge in [-0.1, -0.05) is 6.07 Å². The van der Waals surface area contributed by atoms with Crippen molar-refractivity contribution in [2.24, 2.45) is 0 Å². The Kier molecular flexibility index (Phi) is 4.77. The van der Waals surface area contributed by atoms with Crippen molar-refractivity contribution in [3.8, 4) is 29.1 Å². The molecule has 0 saturated carbocycles. The summed E-state index contributed by atoms with van der Waals surface area (Å²) in [5, 5.41) is 8.95. The molecule has 0 unspecified atom stereocenters. The molecule has 5 rings (SSSR count). The second kappa shape index (κ2) is 7.88. The van der Waals surface area contributed by atoms with E-state index in [4.69, 9.17) is 10.00 Å². The molecule has 4 heterocycles. The van der Waals surface area contributed by atoms with Gasteiger partial charge in [0.05, 0.1) is 17.2 Å². The number of rotatable bonds is 5. The number of nitriles is 1. The van der Waals surface area contributed by atoms with Crippen LogP contribution in [0.5, 0.6) is 11.5 Å². The Bertz CT molecular complexity index is 1290. The standard InChI is InChI=1S/C23H18N6O2/c24-12-16-6-7-17(13-26-16)31-21-11-20-19(10-15(21)14-29-9-3-5-22(29)30)27-23(28-20)18-4-1-2-8-25-18/h1-2,4,6-8,10-11,13H,3,5,9,14H2,(H,27,28). The Hall–Kier alpha value is -4.25. The molecule has 1 aliphatic heterocycles. The van der Waals surface area contributed by atoms with Crippen molar-refractivity contribution in [2.75, 3.05) is 6.54 Å². The fourth-order valence-corrected chi connectivity index (χ4v) is 3.64. The summed E-state index contributed by atoms with van der Waals surface area (Å²) in [4.78, 5) is 30.4. The van der Waals surface area contributed by atoms with Crippen LogP contribution in [0.25, 0.3) is 22.6 Å². The molecular weight excluding hydrogens is 392 g/mol. The number of pyridine rings is 2. The van der Waals surface area contributed by atoms with Crippen LogP contribution < -0.4 is 4.74 Å². The number of likely N-dealkylation sites (tertiary alicyclic amines) is 1. The summed E-state index contributed by atoms with van der Waals surface area (Å²) in [5.74, 6) is 1.91. The molecule has 0 atom stereocenters. The van der Waals surface area contributed by atoms with Gasteiger partial charge in [-0.15, -0.1) is 0 Å². The van der Waals surface area contributed by atoms with E-state index in [1.165, 1.54) is 6.20 Å². The largest absolute Gasteiger partial charge is 0.455 e. The number of hydrogen-bond acceptors (Lipinski definition) is 6. The van der Waals surface area contributed by atoms with Gasteiger partial charge in [0.2, 0.25) is 5.91 Å². The highest BCUT2D eigenvalue weighted by molar-refractivity contribution is 5.82. The fraction of sp³-hybridized carbons (Fsp3) is 0.174. The van der Waals surface area contributed by atoms with Gasteiger partial charge in [-0.25, -0.2) is 9.97 Å². The van der Waals surface area contributed by atoms with E-state index >= 15 is 0 Å². The van der Waals surface area contributed by atoms with Crippen molar-refractivity contribution in [2.45, 2.75) is 19.4 Å². The second-order valence-electron chi connectivity index (χ2n) is 7.29. The molecular formula is C23H18N6O2. The van der Waals surface area contributed by atoms with Crippen LogP contribution in [0.2, 0.25) is 0 Å². The number of imidazole rings is 1. The predicted octanol–water partition coefficient (Wildman–Crippen LogP) is 3.81. The number of H-pyrrole nitrogens is 1. The highest BCUT2D eigenvalue weighted by Crippen LogP contribution is 2.32. The molecule has 3 aromatic heterocycles. The molecule has 0 aliphatic carbocycles. The smallest absolute Gasteiger partial charge is 0.222 e. The van der Waals surface area contributed by atoms with E-state index in [1.807, 2.05) is 41.3 Å². The maximum absolute atomic E-state index is 12.2. The van der Waals surface area contributed by atoms with Crippen LogP contribution in [-0.2, 0) is 11.3 Å². The maximum Gasteiger partial charge on any atom is 0.222 e. The van der Waals surface area contributed by atoms with Crippen LogP contribution in [0.15, 0.2) is 54.9 Å².